The smallest absolute Gasteiger partial charge is 0.344 e. The number of phenols is 1. The van der Waals surface area contributed by atoms with Crippen LogP contribution in [0.4, 0.5) is 0 Å². The Bertz CT molecular complexity index is 839. The fourth-order valence-electron chi connectivity index (χ4n) is 2.20. The number of aromatic hydroxyl groups is 1. The van der Waals surface area contributed by atoms with Gasteiger partial charge in [-0.15, -0.1) is 0 Å². The third kappa shape index (κ3) is 4.46. The fourth-order valence-corrected chi connectivity index (χ4v) is 2.66. The predicted octanol–water partition coefficient (Wildman–Crippen LogP) is 3.33. The van der Waals surface area contributed by atoms with Gasteiger partial charge in [0.1, 0.15) is 16.5 Å². The second-order valence-electron chi connectivity index (χ2n) is 5.22. The average Bonchev–Trinajstić information content (AvgIpc) is 2.62. The van der Waals surface area contributed by atoms with Gasteiger partial charge in [0.2, 0.25) is 0 Å². The van der Waals surface area contributed by atoms with E-state index in [2.05, 4.69) is 0 Å². The molecule has 2 aromatic rings. The molecule has 0 aromatic heterocycles. The molecule has 138 valence electrons. The number of ether oxygens (including phenoxy) is 2. The molecule has 0 fully saturated rings. The van der Waals surface area contributed by atoms with E-state index in [9.17, 15) is 14.7 Å². The quantitative estimate of drug-likeness (QED) is 0.548. The first-order valence-electron chi connectivity index (χ1n) is 7.72. The van der Waals surface area contributed by atoms with Crippen LogP contribution in [0.2, 0.25) is 10.0 Å². The Labute approximate surface area is 160 Å². The number of hydrogen-bond donors (Lipinski definition) is 2. The summed E-state index contributed by atoms with van der Waals surface area (Å²) in [6.07, 6.45) is 0. The lowest BCUT2D eigenvalue weighted by molar-refractivity contribution is -0.145. The van der Waals surface area contributed by atoms with Crippen LogP contribution in [0.1, 0.15) is 28.4 Å². The Morgan fingerprint density at radius 3 is 2.42 bits per heavy atom. The molecule has 0 amide bonds. The molecular formula is C18H17Cl2NO5. The number of esters is 1. The molecule has 26 heavy (non-hydrogen) atoms. The van der Waals surface area contributed by atoms with E-state index in [4.69, 9.17) is 38.4 Å². The van der Waals surface area contributed by atoms with E-state index in [0.717, 1.165) is 0 Å². The number of carbonyl (C=O) groups is 2. The Hall–Kier alpha value is -2.28. The predicted molar refractivity (Wildman–Crippen MR) is 98.0 cm³/mol. The van der Waals surface area contributed by atoms with Crippen LogP contribution in [0.15, 0.2) is 30.3 Å². The minimum Gasteiger partial charge on any atom is -0.507 e. The zero-order chi connectivity index (χ0) is 19.3. The van der Waals surface area contributed by atoms with Crippen LogP contribution in [0, 0.1) is 0 Å². The van der Waals surface area contributed by atoms with Crippen molar-refractivity contribution in [3.8, 4) is 11.5 Å². The van der Waals surface area contributed by atoms with Gasteiger partial charge in [-0.3, -0.25) is 4.79 Å². The van der Waals surface area contributed by atoms with Gasteiger partial charge in [-0.1, -0.05) is 29.3 Å². The number of halogens is 2. The molecule has 0 bridgehead atoms. The topological polar surface area (TPSA) is 98.9 Å². The van der Waals surface area contributed by atoms with Gasteiger partial charge in [-0.05, 0) is 36.8 Å². The molecular weight excluding hydrogens is 381 g/mol. The third-order valence-corrected chi connectivity index (χ3v) is 4.35. The van der Waals surface area contributed by atoms with Crippen LogP contribution < -0.4 is 10.5 Å². The normalized spacial score (nSPS) is 10.5. The Balaban J connectivity index is 2.27. The van der Waals surface area contributed by atoms with E-state index in [0.29, 0.717) is 5.56 Å². The summed E-state index contributed by atoms with van der Waals surface area (Å²) in [6, 6.07) is 7.35. The molecule has 8 heteroatoms. The van der Waals surface area contributed by atoms with Crippen molar-refractivity contribution in [2.75, 3.05) is 13.2 Å². The largest absolute Gasteiger partial charge is 0.507 e. The Morgan fingerprint density at radius 1 is 1.12 bits per heavy atom. The van der Waals surface area contributed by atoms with Crippen LogP contribution in [0.3, 0.4) is 0 Å². The monoisotopic (exact) mass is 397 g/mol. The Kier molecular flexibility index (Phi) is 6.85. The standard InChI is InChI=1S/C18H17Cl2NO5/c1-2-25-15(23)9-26-14-6-5-12(16(19)17(14)20)18(24)11-4-3-10(8-21)7-13(11)22/h3-7,22H,2,8-9,21H2,1H3. The highest BCUT2D eigenvalue weighted by Crippen LogP contribution is 2.36. The van der Waals surface area contributed by atoms with Gasteiger partial charge in [0.05, 0.1) is 17.2 Å². The van der Waals surface area contributed by atoms with Crippen LogP contribution in [-0.4, -0.2) is 30.1 Å². The molecule has 6 nitrogen and oxygen atoms in total. The van der Waals surface area contributed by atoms with Gasteiger partial charge in [0.15, 0.2) is 12.4 Å². The molecule has 0 radical (unpaired) electrons. The highest BCUT2D eigenvalue weighted by atomic mass is 35.5. The molecule has 0 unspecified atom stereocenters. The fraction of sp³-hybridized carbons (Fsp3) is 0.222. The van der Waals surface area contributed by atoms with E-state index >= 15 is 0 Å². The van der Waals surface area contributed by atoms with E-state index in [1.54, 1.807) is 13.0 Å². The number of phenolic OH excluding ortho intramolecular Hbond substituents is 1. The van der Waals surface area contributed by atoms with Crippen LogP contribution >= 0.6 is 23.2 Å². The van der Waals surface area contributed by atoms with Gasteiger partial charge in [0.25, 0.3) is 0 Å². The molecule has 0 aliphatic rings. The van der Waals surface area contributed by atoms with Crippen molar-refractivity contribution >= 4 is 35.0 Å². The maximum atomic E-state index is 12.7. The van der Waals surface area contributed by atoms with Gasteiger partial charge in [-0.25, -0.2) is 4.79 Å². The summed E-state index contributed by atoms with van der Waals surface area (Å²) in [5.41, 5.74) is 6.35. The average molecular weight is 398 g/mol. The van der Waals surface area contributed by atoms with E-state index in [1.165, 1.54) is 24.3 Å². The van der Waals surface area contributed by atoms with Crippen molar-refractivity contribution in [1.82, 2.24) is 0 Å². The van der Waals surface area contributed by atoms with Gasteiger partial charge in [0, 0.05) is 12.1 Å². The molecule has 0 saturated heterocycles. The van der Waals surface area contributed by atoms with E-state index in [-0.39, 0.29) is 52.4 Å². The van der Waals surface area contributed by atoms with Crippen molar-refractivity contribution in [2.45, 2.75) is 13.5 Å². The number of nitrogens with two attached hydrogens (primary N) is 1. The van der Waals surface area contributed by atoms with Crippen molar-refractivity contribution < 1.29 is 24.2 Å². The molecule has 2 aromatic carbocycles. The van der Waals surface area contributed by atoms with Crippen molar-refractivity contribution in [1.29, 1.82) is 0 Å². The van der Waals surface area contributed by atoms with Crippen molar-refractivity contribution in [2.24, 2.45) is 5.73 Å². The molecule has 0 atom stereocenters. The van der Waals surface area contributed by atoms with Gasteiger partial charge >= 0.3 is 5.97 Å². The summed E-state index contributed by atoms with van der Waals surface area (Å²) in [5, 5.41) is 9.98. The van der Waals surface area contributed by atoms with E-state index in [1.807, 2.05) is 0 Å². The highest BCUT2D eigenvalue weighted by molar-refractivity contribution is 6.45. The summed E-state index contributed by atoms with van der Waals surface area (Å²) >= 11 is 12.3. The first-order chi connectivity index (χ1) is 12.4. The minimum atomic E-state index is -0.551. The lowest BCUT2D eigenvalue weighted by atomic mass is 10.0. The second-order valence-corrected chi connectivity index (χ2v) is 5.97. The molecule has 0 aliphatic carbocycles. The number of rotatable bonds is 7. The first-order valence-corrected chi connectivity index (χ1v) is 8.47. The maximum absolute atomic E-state index is 12.7. The lowest BCUT2D eigenvalue weighted by Crippen LogP contribution is -2.15. The van der Waals surface area contributed by atoms with Crippen LogP contribution in [0.5, 0.6) is 11.5 Å². The molecule has 0 aliphatic heterocycles. The number of carbonyl (C=O) groups excluding carboxylic acids is 2. The molecule has 0 saturated carbocycles. The number of hydrogen-bond acceptors (Lipinski definition) is 6. The van der Waals surface area contributed by atoms with E-state index < -0.39 is 11.8 Å². The molecule has 0 heterocycles. The SMILES string of the molecule is CCOC(=O)COc1ccc(C(=O)c2ccc(CN)cc2O)c(Cl)c1Cl. The van der Waals surface area contributed by atoms with Crippen LogP contribution in [-0.2, 0) is 16.1 Å². The van der Waals surface area contributed by atoms with Crippen LogP contribution in [0.25, 0.3) is 0 Å². The summed E-state index contributed by atoms with van der Waals surface area (Å²) in [7, 11) is 0. The maximum Gasteiger partial charge on any atom is 0.344 e. The van der Waals surface area contributed by atoms with Gasteiger partial charge in [-0.2, -0.15) is 0 Å². The number of benzene rings is 2. The highest BCUT2D eigenvalue weighted by Gasteiger charge is 2.21. The summed E-state index contributed by atoms with van der Waals surface area (Å²) < 4.78 is 10.0. The van der Waals surface area contributed by atoms with Gasteiger partial charge < -0.3 is 20.3 Å². The molecule has 2 rings (SSSR count). The lowest BCUT2D eigenvalue weighted by Gasteiger charge is -2.12. The van der Waals surface area contributed by atoms with Crippen molar-refractivity contribution in [3.05, 3.63) is 57.1 Å². The molecule has 0 spiro atoms. The second kappa shape index (κ2) is 8.89. The summed E-state index contributed by atoms with van der Waals surface area (Å²) in [4.78, 5) is 24.0. The first kappa shape index (κ1) is 20.0. The van der Waals surface area contributed by atoms with Crippen molar-refractivity contribution in [3.63, 3.8) is 0 Å². The summed E-state index contributed by atoms with van der Waals surface area (Å²) in [5.74, 6) is -1.11. The number of ketones is 1. The zero-order valence-electron chi connectivity index (χ0n) is 13.9. The minimum absolute atomic E-state index is 0.0140. The zero-order valence-corrected chi connectivity index (χ0v) is 15.4. The molecule has 3 N–H and O–H groups in total. The Morgan fingerprint density at radius 2 is 1.81 bits per heavy atom. The third-order valence-electron chi connectivity index (χ3n) is 3.48. The summed E-state index contributed by atoms with van der Waals surface area (Å²) in [6.45, 7) is 1.81.